The molecular formula is C13H27N. The number of hydrogen-bond acceptors (Lipinski definition) is 1. The van der Waals surface area contributed by atoms with Crippen molar-refractivity contribution in [2.45, 2.75) is 71.8 Å². The van der Waals surface area contributed by atoms with Crippen molar-refractivity contribution in [3.63, 3.8) is 0 Å². The van der Waals surface area contributed by atoms with Gasteiger partial charge in [0.05, 0.1) is 0 Å². The zero-order valence-electron chi connectivity index (χ0n) is 10.4. The van der Waals surface area contributed by atoms with Crippen LogP contribution in [-0.4, -0.2) is 5.54 Å². The normalized spacial score (nSPS) is 27.2. The first-order valence-electron chi connectivity index (χ1n) is 6.16. The van der Waals surface area contributed by atoms with Crippen molar-refractivity contribution in [3.8, 4) is 0 Å². The molecule has 1 nitrogen and oxygen atoms in total. The van der Waals surface area contributed by atoms with Crippen LogP contribution in [0, 0.1) is 11.3 Å². The SMILES string of the molecule is CCC(C)CC1(N)CCC(C)(C)CC1. The van der Waals surface area contributed by atoms with E-state index in [2.05, 4.69) is 27.7 Å². The van der Waals surface area contributed by atoms with Crippen LogP contribution in [0.3, 0.4) is 0 Å². The number of hydrogen-bond donors (Lipinski definition) is 1. The third kappa shape index (κ3) is 3.27. The Bertz CT molecular complexity index is 174. The first-order chi connectivity index (χ1) is 6.37. The van der Waals surface area contributed by atoms with E-state index in [0.29, 0.717) is 5.41 Å². The summed E-state index contributed by atoms with van der Waals surface area (Å²) in [4.78, 5) is 0. The molecule has 1 fully saturated rings. The first kappa shape index (κ1) is 12.0. The van der Waals surface area contributed by atoms with E-state index in [9.17, 15) is 0 Å². The van der Waals surface area contributed by atoms with Gasteiger partial charge < -0.3 is 5.73 Å². The largest absolute Gasteiger partial charge is 0.325 e. The van der Waals surface area contributed by atoms with Gasteiger partial charge in [-0.15, -0.1) is 0 Å². The van der Waals surface area contributed by atoms with E-state index in [0.717, 1.165) is 5.92 Å². The van der Waals surface area contributed by atoms with Gasteiger partial charge in [-0.1, -0.05) is 34.1 Å². The Balaban J connectivity index is 2.45. The van der Waals surface area contributed by atoms with Gasteiger partial charge in [-0.05, 0) is 43.4 Å². The van der Waals surface area contributed by atoms with Crippen LogP contribution in [0.5, 0.6) is 0 Å². The molecule has 0 radical (unpaired) electrons. The molecule has 1 heteroatoms. The second kappa shape index (κ2) is 4.22. The van der Waals surface area contributed by atoms with Crippen molar-refractivity contribution in [2.24, 2.45) is 17.1 Å². The average Bonchev–Trinajstić information content (AvgIpc) is 2.11. The van der Waals surface area contributed by atoms with E-state index >= 15 is 0 Å². The van der Waals surface area contributed by atoms with E-state index in [-0.39, 0.29) is 5.54 Å². The van der Waals surface area contributed by atoms with Gasteiger partial charge in [0.15, 0.2) is 0 Å². The molecule has 0 bridgehead atoms. The standard InChI is InChI=1S/C13H27N/c1-5-11(2)10-13(14)8-6-12(3,4)7-9-13/h11H,5-10,14H2,1-4H3. The minimum Gasteiger partial charge on any atom is -0.325 e. The van der Waals surface area contributed by atoms with Gasteiger partial charge in [0.2, 0.25) is 0 Å². The van der Waals surface area contributed by atoms with E-state index in [1.165, 1.54) is 38.5 Å². The lowest BCUT2D eigenvalue weighted by atomic mass is 9.67. The maximum Gasteiger partial charge on any atom is 0.0157 e. The van der Waals surface area contributed by atoms with Crippen molar-refractivity contribution in [1.29, 1.82) is 0 Å². The number of nitrogens with two attached hydrogens (primary N) is 1. The van der Waals surface area contributed by atoms with Crippen molar-refractivity contribution in [2.75, 3.05) is 0 Å². The van der Waals surface area contributed by atoms with Gasteiger partial charge >= 0.3 is 0 Å². The zero-order chi connectivity index (χ0) is 10.8. The van der Waals surface area contributed by atoms with Crippen LogP contribution in [0.4, 0.5) is 0 Å². The third-order valence-corrected chi connectivity index (χ3v) is 4.05. The van der Waals surface area contributed by atoms with E-state index in [1.54, 1.807) is 0 Å². The molecule has 84 valence electrons. The second-order valence-electron chi connectivity index (χ2n) is 6.24. The Morgan fingerprint density at radius 2 is 1.64 bits per heavy atom. The van der Waals surface area contributed by atoms with Gasteiger partial charge in [-0.2, -0.15) is 0 Å². The van der Waals surface area contributed by atoms with Gasteiger partial charge in [-0.3, -0.25) is 0 Å². The summed E-state index contributed by atoms with van der Waals surface area (Å²) in [6.07, 6.45) is 7.55. The zero-order valence-corrected chi connectivity index (χ0v) is 10.4. The molecule has 0 saturated heterocycles. The monoisotopic (exact) mass is 197 g/mol. The van der Waals surface area contributed by atoms with Gasteiger partial charge in [-0.25, -0.2) is 0 Å². The van der Waals surface area contributed by atoms with E-state index in [4.69, 9.17) is 5.73 Å². The quantitative estimate of drug-likeness (QED) is 0.733. The molecule has 0 aromatic carbocycles. The van der Waals surface area contributed by atoms with Crippen LogP contribution < -0.4 is 5.73 Å². The van der Waals surface area contributed by atoms with E-state index in [1.807, 2.05) is 0 Å². The first-order valence-corrected chi connectivity index (χ1v) is 6.16. The third-order valence-electron chi connectivity index (χ3n) is 4.05. The molecule has 0 aromatic rings. The van der Waals surface area contributed by atoms with Crippen molar-refractivity contribution in [3.05, 3.63) is 0 Å². The maximum absolute atomic E-state index is 6.46. The lowest BCUT2D eigenvalue weighted by Gasteiger charge is -2.42. The van der Waals surface area contributed by atoms with Crippen LogP contribution in [0.15, 0.2) is 0 Å². The summed E-state index contributed by atoms with van der Waals surface area (Å²) < 4.78 is 0. The number of rotatable bonds is 3. The maximum atomic E-state index is 6.46. The molecule has 1 aliphatic rings. The molecule has 1 saturated carbocycles. The Kier molecular flexibility index (Phi) is 3.63. The molecule has 1 unspecified atom stereocenters. The second-order valence-corrected chi connectivity index (χ2v) is 6.24. The predicted octanol–water partition coefficient (Wildman–Crippen LogP) is 3.72. The van der Waals surface area contributed by atoms with Gasteiger partial charge in [0.1, 0.15) is 0 Å². The molecule has 0 aromatic heterocycles. The Morgan fingerprint density at radius 1 is 1.14 bits per heavy atom. The van der Waals surface area contributed by atoms with Gasteiger partial charge in [0, 0.05) is 5.54 Å². The van der Waals surface area contributed by atoms with Crippen LogP contribution in [-0.2, 0) is 0 Å². The summed E-state index contributed by atoms with van der Waals surface area (Å²) in [6, 6.07) is 0. The molecule has 1 rings (SSSR count). The van der Waals surface area contributed by atoms with Crippen LogP contribution in [0.25, 0.3) is 0 Å². The molecule has 2 N–H and O–H groups in total. The molecular weight excluding hydrogens is 170 g/mol. The fraction of sp³-hybridized carbons (Fsp3) is 1.00. The molecule has 14 heavy (non-hydrogen) atoms. The lowest BCUT2D eigenvalue weighted by Crippen LogP contribution is -2.46. The highest BCUT2D eigenvalue weighted by Crippen LogP contribution is 2.41. The predicted molar refractivity (Wildman–Crippen MR) is 63.2 cm³/mol. The Labute approximate surface area is 89.5 Å². The Morgan fingerprint density at radius 3 is 2.07 bits per heavy atom. The van der Waals surface area contributed by atoms with Crippen LogP contribution in [0.1, 0.15) is 66.2 Å². The molecule has 0 aliphatic heterocycles. The topological polar surface area (TPSA) is 26.0 Å². The Hall–Kier alpha value is -0.0400. The molecule has 0 spiro atoms. The molecule has 0 heterocycles. The van der Waals surface area contributed by atoms with Crippen LogP contribution in [0.2, 0.25) is 0 Å². The fourth-order valence-electron chi connectivity index (χ4n) is 2.47. The van der Waals surface area contributed by atoms with Crippen molar-refractivity contribution >= 4 is 0 Å². The fourth-order valence-corrected chi connectivity index (χ4v) is 2.47. The summed E-state index contributed by atoms with van der Waals surface area (Å²) >= 11 is 0. The summed E-state index contributed by atoms with van der Waals surface area (Å²) in [7, 11) is 0. The highest BCUT2D eigenvalue weighted by molar-refractivity contribution is 4.93. The highest BCUT2D eigenvalue weighted by Gasteiger charge is 2.35. The molecule has 0 amide bonds. The summed E-state index contributed by atoms with van der Waals surface area (Å²) in [5.41, 5.74) is 7.15. The minimum absolute atomic E-state index is 0.158. The highest BCUT2D eigenvalue weighted by atomic mass is 14.7. The van der Waals surface area contributed by atoms with Crippen molar-refractivity contribution in [1.82, 2.24) is 0 Å². The summed E-state index contributed by atoms with van der Waals surface area (Å²) in [5, 5.41) is 0. The van der Waals surface area contributed by atoms with Crippen molar-refractivity contribution < 1.29 is 0 Å². The van der Waals surface area contributed by atoms with E-state index < -0.39 is 0 Å². The molecule has 1 aliphatic carbocycles. The lowest BCUT2D eigenvalue weighted by molar-refractivity contribution is 0.144. The van der Waals surface area contributed by atoms with Crippen LogP contribution >= 0.6 is 0 Å². The summed E-state index contributed by atoms with van der Waals surface area (Å²) in [6.45, 7) is 9.33. The minimum atomic E-state index is 0.158. The summed E-state index contributed by atoms with van der Waals surface area (Å²) in [5.74, 6) is 0.793. The average molecular weight is 197 g/mol. The smallest absolute Gasteiger partial charge is 0.0157 e. The molecule has 1 atom stereocenters. The van der Waals surface area contributed by atoms with Gasteiger partial charge in [0.25, 0.3) is 0 Å².